The molecule has 1 amide bonds. The van der Waals surface area contributed by atoms with Crippen molar-refractivity contribution in [3.63, 3.8) is 0 Å². The molecular weight excluding hydrogens is 330 g/mol. The fraction of sp³-hybridized carbons (Fsp3) is 0.333. The highest BCUT2D eigenvalue weighted by Gasteiger charge is 2.36. The van der Waals surface area contributed by atoms with Crippen molar-refractivity contribution in [2.45, 2.75) is 37.6 Å². The Kier molecular flexibility index (Phi) is 5.26. The van der Waals surface area contributed by atoms with Gasteiger partial charge in [-0.05, 0) is 48.2 Å². The first-order valence-corrected chi connectivity index (χ1v) is 8.80. The molecule has 0 aromatic heterocycles. The van der Waals surface area contributed by atoms with Gasteiger partial charge in [-0.25, -0.2) is 4.79 Å². The predicted octanol–water partition coefficient (Wildman–Crippen LogP) is 3.52. The lowest BCUT2D eigenvalue weighted by Gasteiger charge is -2.31. The number of benzene rings is 2. The molecule has 0 aliphatic heterocycles. The summed E-state index contributed by atoms with van der Waals surface area (Å²) in [6, 6.07) is 14.3. The molecule has 0 heterocycles. The van der Waals surface area contributed by atoms with E-state index in [0.29, 0.717) is 0 Å². The van der Waals surface area contributed by atoms with Crippen LogP contribution in [-0.4, -0.2) is 24.1 Å². The number of carboxylic acids is 1. The minimum Gasteiger partial charge on any atom is -0.497 e. The third-order valence-electron chi connectivity index (χ3n) is 5.04. The van der Waals surface area contributed by atoms with Gasteiger partial charge in [-0.1, -0.05) is 37.1 Å². The molecule has 26 heavy (non-hydrogen) atoms. The maximum absolute atomic E-state index is 12.6. The minimum absolute atomic E-state index is 0.0502. The molecular formula is C21H23NO4. The Balaban J connectivity index is 1.72. The third-order valence-corrected chi connectivity index (χ3v) is 5.04. The molecule has 5 heteroatoms. The number of hydrogen-bond acceptors (Lipinski definition) is 3. The standard InChI is InChI=1S/C21H23NO4/c1-26-18-10-8-17(9-11-18)21(12-2-3-13-21)22-19(23)14-15-4-6-16(7-5-15)20(24)25/h4-11H,2-3,12-14H2,1H3,(H,22,23)(H,24,25). The van der Waals surface area contributed by atoms with Crippen molar-refractivity contribution >= 4 is 11.9 Å². The number of nitrogens with one attached hydrogen (secondary N) is 1. The normalized spacial score (nSPS) is 15.4. The van der Waals surface area contributed by atoms with E-state index in [9.17, 15) is 9.59 Å². The quantitative estimate of drug-likeness (QED) is 0.833. The zero-order valence-corrected chi connectivity index (χ0v) is 14.8. The van der Waals surface area contributed by atoms with Gasteiger partial charge < -0.3 is 15.2 Å². The lowest BCUT2D eigenvalue weighted by Crippen LogP contribution is -2.44. The zero-order valence-electron chi connectivity index (χ0n) is 14.8. The Morgan fingerprint density at radius 2 is 1.65 bits per heavy atom. The van der Waals surface area contributed by atoms with Gasteiger partial charge in [0, 0.05) is 0 Å². The largest absolute Gasteiger partial charge is 0.497 e. The molecule has 2 N–H and O–H groups in total. The van der Waals surface area contributed by atoms with Crippen LogP contribution < -0.4 is 10.1 Å². The van der Waals surface area contributed by atoms with E-state index in [4.69, 9.17) is 9.84 Å². The molecule has 0 spiro atoms. The summed E-state index contributed by atoms with van der Waals surface area (Å²) in [7, 11) is 1.64. The Morgan fingerprint density at radius 3 is 2.19 bits per heavy atom. The van der Waals surface area contributed by atoms with Crippen LogP contribution in [0, 0.1) is 0 Å². The molecule has 1 saturated carbocycles. The number of ether oxygens (including phenoxy) is 1. The summed E-state index contributed by atoms with van der Waals surface area (Å²) in [5.74, 6) is -0.219. The molecule has 3 rings (SSSR count). The lowest BCUT2D eigenvalue weighted by atomic mass is 9.87. The van der Waals surface area contributed by atoms with E-state index in [1.54, 1.807) is 19.2 Å². The maximum Gasteiger partial charge on any atom is 0.335 e. The Morgan fingerprint density at radius 1 is 1.04 bits per heavy atom. The first-order chi connectivity index (χ1) is 12.5. The van der Waals surface area contributed by atoms with E-state index >= 15 is 0 Å². The van der Waals surface area contributed by atoms with E-state index in [1.165, 1.54) is 12.1 Å². The molecule has 1 fully saturated rings. The van der Waals surface area contributed by atoms with E-state index in [0.717, 1.165) is 42.6 Å². The van der Waals surface area contributed by atoms with Crippen LogP contribution >= 0.6 is 0 Å². The fourth-order valence-electron chi connectivity index (χ4n) is 3.64. The summed E-state index contributed by atoms with van der Waals surface area (Å²) in [6.07, 6.45) is 4.24. The van der Waals surface area contributed by atoms with Gasteiger partial charge in [0.1, 0.15) is 5.75 Å². The lowest BCUT2D eigenvalue weighted by molar-refractivity contribution is -0.122. The molecule has 0 unspecified atom stereocenters. The molecule has 0 bridgehead atoms. The summed E-state index contributed by atoms with van der Waals surface area (Å²) in [5, 5.41) is 12.2. The summed E-state index contributed by atoms with van der Waals surface area (Å²) >= 11 is 0. The van der Waals surface area contributed by atoms with Crippen LogP contribution in [0.15, 0.2) is 48.5 Å². The van der Waals surface area contributed by atoms with E-state index in [1.807, 2.05) is 24.3 Å². The highest BCUT2D eigenvalue weighted by atomic mass is 16.5. The van der Waals surface area contributed by atoms with Gasteiger partial charge >= 0.3 is 5.97 Å². The topological polar surface area (TPSA) is 75.6 Å². The molecule has 2 aromatic carbocycles. The van der Waals surface area contributed by atoms with Crippen LogP contribution in [0.3, 0.4) is 0 Å². The second-order valence-electron chi connectivity index (χ2n) is 6.74. The smallest absolute Gasteiger partial charge is 0.335 e. The molecule has 0 radical (unpaired) electrons. The number of carboxylic acid groups (broad SMARTS) is 1. The molecule has 2 aromatic rings. The van der Waals surface area contributed by atoms with Crippen molar-refractivity contribution in [1.29, 1.82) is 0 Å². The van der Waals surface area contributed by atoms with Gasteiger partial charge in [0.25, 0.3) is 0 Å². The van der Waals surface area contributed by atoms with Crippen molar-refractivity contribution in [2.75, 3.05) is 7.11 Å². The number of hydrogen-bond donors (Lipinski definition) is 2. The van der Waals surface area contributed by atoms with Crippen LogP contribution in [0.1, 0.15) is 47.2 Å². The summed E-state index contributed by atoms with van der Waals surface area (Å²) in [4.78, 5) is 23.6. The fourth-order valence-corrected chi connectivity index (χ4v) is 3.64. The first-order valence-electron chi connectivity index (χ1n) is 8.80. The van der Waals surface area contributed by atoms with Gasteiger partial charge in [-0.15, -0.1) is 0 Å². The van der Waals surface area contributed by atoms with Crippen LogP contribution in [0.4, 0.5) is 0 Å². The van der Waals surface area contributed by atoms with Gasteiger partial charge in [0.05, 0.1) is 24.6 Å². The van der Waals surface area contributed by atoms with E-state index in [2.05, 4.69) is 5.32 Å². The number of carbonyl (C=O) groups excluding carboxylic acids is 1. The van der Waals surface area contributed by atoms with Crippen molar-refractivity contribution in [3.05, 3.63) is 65.2 Å². The number of aromatic carboxylic acids is 1. The number of methoxy groups -OCH3 is 1. The second kappa shape index (κ2) is 7.60. The third kappa shape index (κ3) is 3.87. The number of amides is 1. The van der Waals surface area contributed by atoms with Gasteiger partial charge in [-0.3, -0.25) is 4.79 Å². The molecule has 5 nitrogen and oxygen atoms in total. The molecule has 0 saturated heterocycles. The molecule has 0 atom stereocenters. The van der Waals surface area contributed by atoms with Crippen molar-refractivity contribution < 1.29 is 19.4 Å². The highest BCUT2D eigenvalue weighted by molar-refractivity contribution is 5.87. The maximum atomic E-state index is 12.6. The minimum atomic E-state index is -0.967. The molecule has 136 valence electrons. The Hall–Kier alpha value is -2.82. The average Bonchev–Trinajstić information content (AvgIpc) is 3.11. The number of rotatable bonds is 6. The average molecular weight is 353 g/mol. The monoisotopic (exact) mass is 353 g/mol. The Labute approximate surface area is 153 Å². The van der Waals surface area contributed by atoms with Crippen molar-refractivity contribution in [1.82, 2.24) is 5.32 Å². The van der Waals surface area contributed by atoms with Crippen LogP contribution in [0.5, 0.6) is 5.75 Å². The van der Waals surface area contributed by atoms with Gasteiger partial charge in [0.15, 0.2) is 0 Å². The summed E-state index contributed by atoms with van der Waals surface area (Å²) in [5.41, 5.74) is 1.80. The molecule has 1 aliphatic carbocycles. The van der Waals surface area contributed by atoms with Gasteiger partial charge in [-0.2, -0.15) is 0 Å². The Bertz CT molecular complexity index is 775. The zero-order chi connectivity index (χ0) is 18.6. The first kappa shape index (κ1) is 18.0. The second-order valence-corrected chi connectivity index (χ2v) is 6.74. The molecule has 1 aliphatic rings. The number of carbonyl (C=O) groups is 2. The van der Waals surface area contributed by atoms with Crippen molar-refractivity contribution in [3.8, 4) is 5.75 Å². The summed E-state index contributed by atoms with van der Waals surface area (Å²) < 4.78 is 5.22. The van der Waals surface area contributed by atoms with Crippen LogP contribution in [-0.2, 0) is 16.8 Å². The van der Waals surface area contributed by atoms with Crippen LogP contribution in [0.25, 0.3) is 0 Å². The van der Waals surface area contributed by atoms with E-state index in [-0.39, 0.29) is 23.4 Å². The van der Waals surface area contributed by atoms with Crippen molar-refractivity contribution in [2.24, 2.45) is 0 Å². The van der Waals surface area contributed by atoms with E-state index < -0.39 is 5.97 Å². The van der Waals surface area contributed by atoms with Crippen LogP contribution in [0.2, 0.25) is 0 Å². The summed E-state index contributed by atoms with van der Waals surface area (Å²) in [6.45, 7) is 0. The van der Waals surface area contributed by atoms with Gasteiger partial charge in [0.2, 0.25) is 5.91 Å². The SMILES string of the molecule is COc1ccc(C2(NC(=O)Cc3ccc(C(=O)O)cc3)CCCC2)cc1. The highest BCUT2D eigenvalue weighted by Crippen LogP contribution is 2.39. The predicted molar refractivity (Wildman–Crippen MR) is 98.4 cm³/mol.